The Morgan fingerprint density at radius 3 is 2.55 bits per heavy atom. The molecule has 2 aliphatic carbocycles. The van der Waals surface area contributed by atoms with E-state index in [2.05, 4.69) is 10.6 Å². The number of aliphatic hydroxyl groups excluding tert-OH is 1. The second-order valence-corrected chi connectivity index (χ2v) is 8.07. The Morgan fingerprint density at radius 1 is 1.27 bits per heavy atom. The first-order valence-corrected chi connectivity index (χ1v) is 8.65. The van der Waals surface area contributed by atoms with Gasteiger partial charge in [0, 0.05) is 31.2 Å². The molecule has 2 aliphatic rings. The van der Waals surface area contributed by atoms with Gasteiger partial charge in [-0.05, 0) is 52.4 Å². The summed E-state index contributed by atoms with van der Waals surface area (Å²) in [6, 6.07) is 0.438. The van der Waals surface area contributed by atoms with Crippen LogP contribution in [0.4, 0.5) is 4.79 Å². The zero-order valence-corrected chi connectivity index (χ0v) is 14.3. The Hall–Kier alpha value is -0.810. The van der Waals surface area contributed by atoms with Gasteiger partial charge in [-0.3, -0.25) is 0 Å². The Labute approximate surface area is 134 Å². The highest BCUT2D eigenvalue weighted by Gasteiger charge is 2.42. The van der Waals surface area contributed by atoms with Crippen molar-refractivity contribution in [2.75, 3.05) is 19.7 Å². The topological polar surface area (TPSA) is 70.6 Å². The van der Waals surface area contributed by atoms with Crippen molar-refractivity contribution < 1.29 is 14.6 Å². The van der Waals surface area contributed by atoms with Gasteiger partial charge in [0.25, 0.3) is 0 Å². The van der Waals surface area contributed by atoms with Gasteiger partial charge in [0.15, 0.2) is 0 Å². The van der Waals surface area contributed by atoms with Gasteiger partial charge in [0.1, 0.15) is 5.60 Å². The molecule has 0 saturated heterocycles. The summed E-state index contributed by atoms with van der Waals surface area (Å²) in [5, 5.41) is 16.0. The number of alkyl carbamates (subject to hydrolysis) is 1. The third-order valence-electron chi connectivity index (χ3n) is 4.85. The van der Waals surface area contributed by atoms with E-state index in [4.69, 9.17) is 4.74 Å². The van der Waals surface area contributed by atoms with E-state index in [0.29, 0.717) is 18.5 Å². The number of carbonyl (C=O) groups is 1. The molecule has 2 rings (SSSR count). The van der Waals surface area contributed by atoms with E-state index in [1.807, 2.05) is 20.8 Å². The highest BCUT2D eigenvalue weighted by molar-refractivity contribution is 5.67. The van der Waals surface area contributed by atoms with Crippen molar-refractivity contribution in [1.29, 1.82) is 0 Å². The van der Waals surface area contributed by atoms with Crippen LogP contribution in [0.25, 0.3) is 0 Å². The normalized spacial score (nSPS) is 27.3. The number of ether oxygens (including phenoxy) is 1. The molecule has 0 aliphatic heterocycles. The fraction of sp³-hybridized carbons (Fsp3) is 0.941. The van der Waals surface area contributed by atoms with E-state index in [-0.39, 0.29) is 18.1 Å². The molecule has 128 valence electrons. The molecule has 5 nitrogen and oxygen atoms in total. The second-order valence-electron chi connectivity index (χ2n) is 8.07. The van der Waals surface area contributed by atoms with Gasteiger partial charge in [-0.15, -0.1) is 0 Å². The molecule has 22 heavy (non-hydrogen) atoms. The molecule has 5 heteroatoms. The zero-order chi connectivity index (χ0) is 16.2. The molecular formula is C17H32N2O3. The summed E-state index contributed by atoms with van der Waals surface area (Å²) in [6.07, 6.45) is 6.69. The highest BCUT2D eigenvalue weighted by Crippen LogP contribution is 2.44. The van der Waals surface area contributed by atoms with Crippen molar-refractivity contribution in [1.82, 2.24) is 10.6 Å². The Bertz CT molecular complexity index is 375. The molecule has 2 fully saturated rings. The monoisotopic (exact) mass is 312 g/mol. The lowest BCUT2D eigenvalue weighted by Gasteiger charge is -2.33. The number of amides is 1. The summed E-state index contributed by atoms with van der Waals surface area (Å²) < 4.78 is 5.30. The lowest BCUT2D eigenvalue weighted by molar-refractivity contribution is 0.0510. The molecule has 0 aromatic carbocycles. The van der Waals surface area contributed by atoms with Crippen LogP contribution in [-0.4, -0.2) is 42.5 Å². The van der Waals surface area contributed by atoms with Gasteiger partial charge < -0.3 is 20.5 Å². The lowest BCUT2D eigenvalue weighted by Crippen LogP contribution is -2.46. The Balaban J connectivity index is 1.76. The minimum Gasteiger partial charge on any atom is -0.444 e. The Morgan fingerprint density at radius 2 is 1.95 bits per heavy atom. The minimum atomic E-state index is -0.451. The average Bonchev–Trinajstić information content (AvgIpc) is 3.22. The molecule has 0 aromatic heterocycles. The maximum absolute atomic E-state index is 11.8. The van der Waals surface area contributed by atoms with E-state index in [1.165, 1.54) is 12.8 Å². The highest BCUT2D eigenvalue weighted by atomic mass is 16.6. The first-order valence-electron chi connectivity index (χ1n) is 8.65. The van der Waals surface area contributed by atoms with Crippen LogP contribution in [0.2, 0.25) is 0 Å². The summed E-state index contributed by atoms with van der Waals surface area (Å²) >= 11 is 0. The number of hydrogen-bond acceptors (Lipinski definition) is 4. The van der Waals surface area contributed by atoms with Gasteiger partial charge >= 0.3 is 6.09 Å². The molecule has 0 heterocycles. The first kappa shape index (κ1) is 17.5. The van der Waals surface area contributed by atoms with Crippen LogP contribution < -0.4 is 10.6 Å². The number of carbonyl (C=O) groups excluding carboxylic acids is 1. The number of nitrogens with one attached hydrogen (secondary N) is 2. The number of rotatable bonds is 6. The van der Waals surface area contributed by atoms with Crippen LogP contribution in [0.1, 0.15) is 59.3 Å². The third-order valence-corrected chi connectivity index (χ3v) is 4.85. The quantitative estimate of drug-likeness (QED) is 0.704. The van der Waals surface area contributed by atoms with E-state index in [0.717, 1.165) is 32.2 Å². The van der Waals surface area contributed by atoms with E-state index >= 15 is 0 Å². The van der Waals surface area contributed by atoms with Crippen molar-refractivity contribution in [3.8, 4) is 0 Å². The first-order chi connectivity index (χ1) is 10.3. The van der Waals surface area contributed by atoms with Crippen LogP contribution in [-0.2, 0) is 4.74 Å². The summed E-state index contributed by atoms with van der Waals surface area (Å²) in [6.45, 7) is 7.48. The van der Waals surface area contributed by atoms with Crippen molar-refractivity contribution >= 4 is 6.09 Å². The fourth-order valence-electron chi connectivity index (χ4n) is 3.16. The predicted octanol–water partition coefficient (Wildman–Crippen LogP) is 2.43. The SMILES string of the molecule is CC(C)(C)OC(=O)NCC1CCCCC1NCC1(CO)CC1. The van der Waals surface area contributed by atoms with Crippen LogP contribution in [0.15, 0.2) is 0 Å². The third kappa shape index (κ3) is 5.43. The standard InChI is InChI=1S/C17H32N2O3/c1-16(2,3)22-15(21)18-10-13-6-4-5-7-14(13)19-11-17(12-20)8-9-17/h13-14,19-20H,4-12H2,1-3H3,(H,18,21). The molecule has 0 aromatic rings. The molecule has 0 bridgehead atoms. The van der Waals surface area contributed by atoms with Crippen molar-refractivity contribution in [3.05, 3.63) is 0 Å². The summed E-state index contributed by atoms with van der Waals surface area (Å²) in [5.74, 6) is 0.454. The number of aliphatic hydroxyl groups is 1. The summed E-state index contributed by atoms with van der Waals surface area (Å²) in [7, 11) is 0. The maximum atomic E-state index is 11.8. The van der Waals surface area contributed by atoms with Crippen molar-refractivity contribution in [2.24, 2.45) is 11.3 Å². The molecule has 1 amide bonds. The number of hydrogen-bond donors (Lipinski definition) is 3. The van der Waals surface area contributed by atoms with Crippen LogP contribution >= 0.6 is 0 Å². The van der Waals surface area contributed by atoms with Gasteiger partial charge in [0.2, 0.25) is 0 Å². The molecule has 0 spiro atoms. The fourth-order valence-corrected chi connectivity index (χ4v) is 3.16. The molecule has 2 unspecified atom stereocenters. The largest absolute Gasteiger partial charge is 0.444 e. The molecule has 0 radical (unpaired) electrons. The van der Waals surface area contributed by atoms with Crippen molar-refractivity contribution in [2.45, 2.75) is 70.9 Å². The van der Waals surface area contributed by atoms with Crippen LogP contribution in [0.3, 0.4) is 0 Å². The zero-order valence-electron chi connectivity index (χ0n) is 14.3. The van der Waals surface area contributed by atoms with Gasteiger partial charge in [0.05, 0.1) is 0 Å². The lowest BCUT2D eigenvalue weighted by atomic mass is 9.84. The van der Waals surface area contributed by atoms with Crippen LogP contribution in [0, 0.1) is 11.3 Å². The summed E-state index contributed by atoms with van der Waals surface area (Å²) in [4.78, 5) is 11.8. The average molecular weight is 312 g/mol. The predicted molar refractivity (Wildman–Crippen MR) is 86.7 cm³/mol. The van der Waals surface area contributed by atoms with Gasteiger partial charge in [-0.25, -0.2) is 4.79 Å². The minimum absolute atomic E-state index is 0.139. The van der Waals surface area contributed by atoms with Crippen LogP contribution in [0.5, 0.6) is 0 Å². The molecule has 3 N–H and O–H groups in total. The molecule has 2 atom stereocenters. The van der Waals surface area contributed by atoms with E-state index in [1.54, 1.807) is 0 Å². The molecular weight excluding hydrogens is 280 g/mol. The maximum Gasteiger partial charge on any atom is 0.407 e. The molecule has 2 saturated carbocycles. The van der Waals surface area contributed by atoms with Crippen molar-refractivity contribution in [3.63, 3.8) is 0 Å². The van der Waals surface area contributed by atoms with Gasteiger partial charge in [-0.1, -0.05) is 12.8 Å². The van der Waals surface area contributed by atoms with E-state index < -0.39 is 5.60 Å². The Kier molecular flexibility index (Phi) is 5.72. The van der Waals surface area contributed by atoms with Gasteiger partial charge in [-0.2, -0.15) is 0 Å². The van der Waals surface area contributed by atoms with E-state index in [9.17, 15) is 9.90 Å². The summed E-state index contributed by atoms with van der Waals surface area (Å²) in [5.41, 5.74) is -0.311. The second kappa shape index (κ2) is 7.18. The smallest absolute Gasteiger partial charge is 0.407 e.